The van der Waals surface area contributed by atoms with E-state index in [9.17, 15) is 4.79 Å². The molecule has 3 aromatic carbocycles. The zero-order valence-electron chi connectivity index (χ0n) is 14.7. The van der Waals surface area contributed by atoms with Gasteiger partial charge >= 0.3 is 0 Å². The summed E-state index contributed by atoms with van der Waals surface area (Å²) >= 11 is 0. The van der Waals surface area contributed by atoms with Crippen LogP contribution in [0.3, 0.4) is 0 Å². The van der Waals surface area contributed by atoms with E-state index in [0.29, 0.717) is 6.42 Å². The van der Waals surface area contributed by atoms with Crippen LogP contribution < -0.4 is 5.32 Å². The van der Waals surface area contributed by atoms with Gasteiger partial charge in [0.25, 0.3) is 0 Å². The van der Waals surface area contributed by atoms with E-state index >= 15 is 0 Å². The van der Waals surface area contributed by atoms with Crippen LogP contribution in [0.1, 0.15) is 34.6 Å². The minimum absolute atomic E-state index is 0.0303. The van der Waals surface area contributed by atoms with Gasteiger partial charge in [0.1, 0.15) is 0 Å². The molecule has 0 unspecified atom stereocenters. The van der Waals surface area contributed by atoms with Crippen molar-refractivity contribution in [3.8, 4) is 0 Å². The summed E-state index contributed by atoms with van der Waals surface area (Å²) < 4.78 is 0. The summed E-state index contributed by atoms with van der Waals surface area (Å²) in [6.45, 7) is 4.08. The Morgan fingerprint density at radius 3 is 1.76 bits per heavy atom. The highest BCUT2D eigenvalue weighted by molar-refractivity contribution is 5.91. The van der Waals surface area contributed by atoms with Crippen LogP contribution in [0.5, 0.6) is 0 Å². The molecular weight excluding hydrogens is 306 g/mol. The molecule has 0 spiro atoms. The minimum atomic E-state index is 0.0303. The van der Waals surface area contributed by atoms with Gasteiger partial charge in [-0.3, -0.25) is 4.79 Å². The van der Waals surface area contributed by atoms with Crippen molar-refractivity contribution in [1.82, 2.24) is 0 Å². The van der Waals surface area contributed by atoms with Crippen molar-refractivity contribution in [2.75, 3.05) is 5.32 Å². The third kappa shape index (κ3) is 4.57. The summed E-state index contributed by atoms with van der Waals surface area (Å²) in [4.78, 5) is 12.7. The van der Waals surface area contributed by atoms with Gasteiger partial charge in [-0.25, -0.2) is 0 Å². The monoisotopic (exact) mass is 329 g/mol. The highest BCUT2D eigenvalue weighted by Crippen LogP contribution is 2.28. The molecule has 0 saturated carbocycles. The van der Waals surface area contributed by atoms with Gasteiger partial charge in [0, 0.05) is 18.0 Å². The number of carbonyl (C=O) groups excluding carboxylic acids is 1. The number of benzene rings is 3. The predicted molar refractivity (Wildman–Crippen MR) is 104 cm³/mol. The standard InChI is InChI=1S/C23H23NO/c1-17-13-18(2)15-21(14-17)24-23(25)16-22(19-9-5-3-6-10-19)20-11-7-4-8-12-20/h3-15,22H,16H2,1-2H3,(H,24,25). The van der Waals surface area contributed by atoms with Crippen molar-refractivity contribution in [2.24, 2.45) is 0 Å². The molecule has 0 fully saturated rings. The van der Waals surface area contributed by atoms with Gasteiger partial charge in [0.2, 0.25) is 5.91 Å². The Bertz CT molecular complexity index is 781. The largest absolute Gasteiger partial charge is 0.326 e. The maximum atomic E-state index is 12.7. The van der Waals surface area contributed by atoms with Crippen molar-refractivity contribution in [3.63, 3.8) is 0 Å². The molecule has 3 rings (SSSR count). The molecule has 25 heavy (non-hydrogen) atoms. The molecule has 0 aliphatic heterocycles. The van der Waals surface area contributed by atoms with E-state index < -0.39 is 0 Å². The van der Waals surface area contributed by atoms with Crippen LogP contribution in [0.15, 0.2) is 78.9 Å². The van der Waals surface area contributed by atoms with Gasteiger partial charge in [0.05, 0.1) is 0 Å². The van der Waals surface area contributed by atoms with E-state index in [1.165, 1.54) is 0 Å². The summed E-state index contributed by atoms with van der Waals surface area (Å²) in [5, 5.41) is 3.05. The number of carbonyl (C=O) groups is 1. The molecule has 2 nitrogen and oxygen atoms in total. The number of aryl methyl sites for hydroxylation is 2. The van der Waals surface area contributed by atoms with Crippen LogP contribution in [0.2, 0.25) is 0 Å². The second kappa shape index (κ2) is 7.80. The highest BCUT2D eigenvalue weighted by Gasteiger charge is 2.18. The van der Waals surface area contributed by atoms with E-state index in [0.717, 1.165) is 27.9 Å². The Hall–Kier alpha value is -2.87. The fourth-order valence-electron chi connectivity index (χ4n) is 3.24. The molecule has 0 radical (unpaired) electrons. The van der Waals surface area contributed by atoms with Gasteiger partial charge in [0.15, 0.2) is 0 Å². The first-order valence-electron chi connectivity index (χ1n) is 8.60. The Morgan fingerprint density at radius 1 is 0.800 bits per heavy atom. The van der Waals surface area contributed by atoms with Crippen LogP contribution in [-0.4, -0.2) is 5.91 Å². The first-order chi connectivity index (χ1) is 12.1. The minimum Gasteiger partial charge on any atom is -0.326 e. The molecule has 0 saturated heterocycles. The molecule has 3 aromatic rings. The van der Waals surface area contributed by atoms with Crippen molar-refractivity contribution < 1.29 is 4.79 Å². The average Bonchev–Trinajstić information content (AvgIpc) is 2.60. The Balaban J connectivity index is 1.81. The fraction of sp³-hybridized carbons (Fsp3) is 0.174. The maximum absolute atomic E-state index is 12.7. The van der Waals surface area contributed by atoms with Crippen LogP contribution >= 0.6 is 0 Å². The Kier molecular flexibility index (Phi) is 5.30. The number of hydrogen-bond acceptors (Lipinski definition) is 1. The lowest BCUT2D eigenvalue weighted by atomic mass is 9.88. The molecule has 0 aliphatic rings. The summed E-state index contributed by atoms with van der Waals surface area (Å²) in [6, 6.07) is 26.5. The van der Waals surface area contributed by atoms with Crippen LogP contribution in [0.4, 0.5) is 5.69 Å². The number of nitrogens with one attached hydrogen (secondary N) is 1. The van der Waals surface area contributed by atoms with E-state index in [4.69, 9.17) is 0 Å². The zero-order chi connectivity index (χ0) is 17.6. The van der Waals surface area contributed by atoms with Crippen molar-refractivity contribution in [3.05, 3.63) is 101 Å². The van der Waals surface area contributed by atoms with Crippen molar-refractivity contribution in [1.29, 1.82) is 0 Å². The van der Waals surface area contributed by atoms with Crippen LogP contribution in [0, 0.1) is 13.8 Å². The van der Waals surface area contributed by atoms with E-state index in [-0.39, 0.29) is 11.8 Å². The molecule has 2 heteroatoms. The number of rotatable bonds is 5. The Morgan fingerprint density at radius 2 is 1.28 bits per heavy atom. The molecule has 0 atom stereocenters. The fourth-order valence-corrected chi connectivity index (χ4v) is 3.24. The van der Waals surface area contributed by atoms with E-state index in [2.05, 4.69) is 35.6 Å². The molecule has 126 valence electrons. The van der Waals surface area contributed by atoms with Crippen molar-refractivity contribution >= 4 is 11.6 Å². The SMILES string of the molecule is Cc1cc(C)cc(NC(=O)CC(c2ccccc2)c2ccccc2)c1. The lowest BCUT2D eigenvalue weighted by molar-refractivity contribution is -0.116. The van der Waals surface area contributed by atoms with Gasteiger partial charge in [-0.1, -0.05) is 66.7 Å². The lowest BCUT2D eigenvalue weighted by Gasteiger charge is -2.18. The zero-order valence-corrected chi connectivity index (χ0v) is 14.7. The lowest BCUT2D eigenvalue weighted by Crippen LogP contribution is -2.16. The molecular formula is C23H23NO. The summed E-state index contributed by atoms with van der Waals surface area (Å²) in [6.07, 6.45) is 0.418. The molecule has 0 aliphatic carbocycles. The number of hydrogen-bond donors (Lipinski definition) is 1. The molecule has 1 amide bonds. The summed E-state index contributed by atoms with van der Waals surface area (Å²) in [5.74, 6) is 0.0796. The molecule has 0 aromatic heterocycles. The molecule has 0 bridgehead atoms. The van der Waals surface area contributed by atoms with Crippen LogP contribution in [-0.2, 0) is 4.79 Å². The smallest absolute Gasteiger partial charge is 0.225 e. The predicted octanol–water partition coefficient (Wildman–Crippen LogP) is 5.46. The van der Waals surface area contributed by atoms with Gasteiger partial charge in [-0.15, -0.1) is 0 Å². The normalized spacial score (nSPS) is 10.7. The summed E-state index contributed by atoms with van der Waals surface area (Å²) in [7, 11) is 0. The quantitative estimate of drug-likeness (QED) is 0.661. The summed E-state index contributed by atoms with van der Waals surface area (Å²) in [5.41, 5.74) is 5.48. The topological polar surface area (TPSA) is 29.1 Å². The number of amides is 1. The van der Waals surface area contributed by atoms with E-state index in [1.807, 2.05) is 62.4 Å². The van der Waals surface area contributed by atoms with Gasteiger partial charge in [-0.2, -0.15) is 0 Å². The first kappa shape index (κ1) is 17.0. The third-order valence-electron chi connectivity index (χ3n) is 4.30. The molecule has 0 heterocycles. The first-order valence-corrected chi connectivity index (χ1v) is 8.60. The third-order valence-corrected chi connectivity index (χ3v) is 4.30. The van der Waals surface area contributed by atoms with E-state index in [1.54, 1.807) is 0 Å². The Labute approximate surface area is 149 Å². The van der Waals surface area contributed by atoms with Crippen molar-refractivity contribution in [2.45, 2.75) is 26.2 Å². The number of anilines is 1. The van der Waals surface area contributed by atoms with Gasteiger partial charge < -0.3 is 5.32 Å². The van der Waals surface area contributed by atoms with Gasteiger partial charge in [-0.05, 0) is 48.2 Å². The van der Waals surface area contributed by atoms with Crippen LogP contribution in [0.25, 0.3) is 0 Å². The second-order valence-electron chi connectivity index (χ2n) is 6.50. The maximum Gasteiger partial charge on any atom is 0.225 e. The average molecular weight is 329 g/mol. The second-order valence-corrected chi connectivity index (χ2v) is 6.50. The molecule has 1 N–H and O–H groups in total. The highest BCUT2D eigenvalue weighted by atomic mass is 16.1.